The Balaban J connectivity index is 4.22. The Morgan fingerprint density at radius 3 is 2.12 bits per heavy atom. The highest BCUT2D eigenvalue weighted by Gasteiger charge is 2.31. The van der Waals surface area contributed by atoms with Gasteiger partial charge in [-0.15, -0.1) is 11.6 Å². The summed E-state index contributed by atoms with van der Waals surface area (Å²) < 4.78 is 14.1. The normalized spacial score (nSPS) is 19.9. The molecule has 0 fully saturated rings. The summed E-state index contributed by atoms with van der Waals surface area (Å²) in [6.45, 7) is -0.912. The van der Waals surface area contributed by atoms with Crippen molar-refractivity contribution >= 4 is 25.7 Å². The first-order valence-electron chi connectivity index (χ1n) is 4.02. The lowest BCUT2D eigenvalue weighted by Crippen LogP contribution is -2.44. The van der Waals surface area contributed by atoms with Crippen LogP contribution in [0.3, 0.4) is 0 Å². The Morgan fingerprint density at radius 1 is 1.25 bits per heavy atom. The Morgan fingerprint density at radius 2 is 1.75 bits per heavy atom. The zero-order chi connectivity index (χ0) is 12.9. The second-order valence-electron chi connectivity index (χ2n) is 2.92. The number of carbonyl (C=O) groups is 1. The van der Waals surface area contributed by atoms with Crippen LogP contribution in [0.25, 0.3) is 0 Å². The molecule has 10 heteroatoms. The predicted molar refractivity (Wildman–Crippen MR) is 51.7 cm³/mol. The Kier molecular flexibility index (Phi) is 6.61. The summed E-state index contributed by atoms with van der Waals surface area (Å²) in [5.41, 5.74) is 0. The lowest BCUT2D eigenvalue weighted by atomic mass is 10.1. The van der Waals surface area contributed by atoms with E-state index in [0.29, 0.717) is 0 Å². The van der Waals surface area contributed by atoms with Gasteiger partial charge in [-0.05, 0) is 0 Å². The van der Waals surface area contributed by atoms with E-state index in [9.17, 15) is 14.5 Å². The minimum atomic E-state index is -4.78. The van der Waals surface area contributed by atoms with Crippen molar-refractivity contribution in [2.24, 2.45) is 0 Å². The van der Waals surface area contributed by atoms with E-state index in [1.54, 1.807) is 0 Å². The molecule has 5 N–H and O–H groups in total. The highest BCUT2D eigenvalue weighted by atomic mass is 35.5. The number of hydrogen-bond acceptors (Lipinski definition) is 6. The molecule has 0 aromatic rings. The van der Waals surface area contributed by atoms with Gasteiger partial charge in [0.2, 0.25) is 0 Å². The molecule has 4 atom stereocenters. The molecule has 0 saturated heterocycles. The number of carbonyl (C=O) groups excluding carboxylic acids is 1. The first kappa shape index (κ1) is 16.0. The number of hydrogen-bond donors (Lipinski definition) is 5. The summed E-state index contributed by atoms with van der Waals surface area (Å²) >= 11 is 5.26. The Hall–Kier alpha value is -0.0500. The van der Waals surface area contributed by atoms with Crippen LogP contribution in [0.4, 0.5) is 0 Å². The zero-order valence-corrected chi connectivity index (χ0v) is 9.53. The number of rotatable bonds is 7. The van der Waals surface area contributed by atoms with Crippen LogP contribution >= 0.6 is 19.4 Å². The van der Waals surface area contributed by atoms with Crippen molar-refractivity contribution in [1.29, 1.82) is 0 Å². The largest absolute Gasteiger partial charge is 0.469 e. The van der Waals surface area contributed by atoms with Crippen LogP contribution in [-0.4, -0.2) is 61.7 Å². The zero-order valence-electron chi connectivity index (χ0n) is 7.88. The predicted octanol–water partition coefficient (Wildman–Crippen LogP) is -2.02. The van der Waals surface area contributed by atoms with Crippen molar-refractivity contribution in [3.05, 3.63) is 0 Å². The van der Waals surface area contributed by atoms with Crippen molar-refractivity contribution in [2.75, 3.05) is 6.61 Å². The van der Waals surface area contributed by atoms with E-state index < -0.39 is 38.1 Å². The van der Waals surface area contributed by atoms with Gasteiger partial charge in [-0.2, -0.15) is 0 Å². The quantitative estimate of drug-likeness (QED) is 0.204. The number of phosphoric acid groups is 1. The van der Waals surface area contributed by atoms with Crippen molar-refractivity contribution < 1.29 is 39.0 Å². The molecule has 96 valence electrons. The average Bonchev–Trinajstić information content (AvgIpc) is 2.21. The van der Waals surface area contributed by atoms with Crippen LogP contribution < -0.4 is 0 Å². The summed E-state index contributed by atoms with van der Waals surface area (Å²) in [6.07, 6.45) is -5.27. The first-order valence-corrected chi connectivity index (χ1v) is 5.99. The molecule has 0 aliphatic carbocycles. The number of aldehydes is 1. The maximum Gasteiger partial charge on any atom is 0.469 e. The number of alkyl halides is 1. The summed E-state index contributed by atoms with van der Waals surface area (Å²) in [7, 11) is -4.78. The maximum absolute atomic E-state index is 10.3. The second kappa shape index (κ2) is 6.63. The molecular weight excluding hydrogens is 266 g/mol. The van der Waals surface area contributed by atoms with Crippen LogP contribution in [0.5, 0.6) is 0 Å². The smallest absolute Gasteiger partial charge is 0.388 e. The SMILES string of the molecule is O=CC(Cl)C(O)C(O)C(O)COP(=O)(O)O. The van der Waals surface area contributed by atoms with E-state index in [1.807, 2.05) is 0 Å². The fourth-order valence-electron chi connectivity index (χ4n) is 0.769. The third-order valence-electron chi connectivity index (χ3n) is 1.61. The van der Waals surface area contributed by atoms with E-state index in [0.717, 1.165) is 0 Å². The van der Waals surface area contributed by atoms with E-state index >= 15 is 0 Å². The van der Waals surface area contributed by atoms with Gasteiger partial charge in [0.05, 0.1) is 6.61 Å². The van der Waals surface area contributed by atoms with Gasteiger partial charge >= 0.3 is 7.82 Å². The summed E-state index contributed by atoms with van der Waals surface area (Å²) in [5.74, 6) is 0. The second-order valence-corrected chi connectivity index (χ2v) is 4.66. The number of phosphoric ester groups is 1. The van der Waals surface area contributed by atoms with Gasteiger partial charge in [0.25, 0.3) is 0 Å². The standard InChI is InChI=1S/C6H12ClO8P/c7-3(1-8)5(10)6(11)4(9)2-15-16(12,13)14/h1,3-6,9-11H,2H2,(H2,12,13,14). The van der Waals surface area contributed by atoms with Crippen molar-refractivity contribution in [1.82, 2.24) is 0 Å². The van der Waals surface area contributed by atoms with Gasteiger partial charge in [0.15, 0.2) is 0 Å². The van der Waals surface area contributed by atoms with Crippen LogP contribution in [0.15, 0.2) is 0 Å². The van der Waals surface area contributed by atoms with Crippen LogP contribution in [0.2, 0.25) is 0 Å². The minimum absolute atomic E-state index is 0.145. The number of aliphatic hydroxyl groups is 3. The lowest BCUT2D eigenvalue weighted by molar-refractivity contribution is -0.114. The average molecular weight is 279 g/mol. The van der Waals surface area contributed by atoms with Gasteiger partial charge < -0.3 is 29.9 Å². The lowest BCUT2D eigenvalue weighted by Gasteiger charge is -2.23. The molecule has 0 amide bonds. The number of aliphatic hydroxyl groups excluding tert-OH is 3. The van der Waals surface area contributed by atoms with Crippen molar-refractivity contribution in [3.8, 4) is 0 Å². The monoisotopic (exact) mass is 278 g/mol. The minimum Gasteiger partial charge on any atom is -0.388 e. The molecule has 0 radical (unpaired) electrons. The van der Waals surface area contributed by atoms with Crippen LogP contribution in [0, 0.1) is 0 Å². The molecule has 16 heavy (non-hydrogen) atoms. The molecule has 0 bridgehead atoms. The molecule has 8 nitrogen and oxygen atoms in total. The van der Waals surface area contributed by atoms with E-state index in [-0.39, 0.29) is 6.29 Å². The molecule has 0 spiro atoms. The van der Waals surface area contributed by atoms with E-state index in [1.165, 1.54) is 0 Å². The van der Waals surface area contributed by atoms with Crippen molar-refractivity contribution in [2.45, 2.75) is 23.7 Å². The van der Waals surface area contributed by atoms with Crippen LogP contribution in [-0.2, 0) is 13.9 Å². The fourth-order valence-corrected chi connectivity index (χ4v) is 1.26. The van der Waals surface area contributed by atoms with Gasteiger partial charge in [-0.3, -0.25) is 4.52 Å². The number of halogens is 1. The fraction of sp³-hybridized carbons (Fsp3) is 0.833. The third kappa shape index (κ3) is 5.88. The molecular formula is C6H12ClO8P. The van der Waals surface area contributed by atoms with E-state index in [2.05, 4.69) is 4.52 Å². The molecule has 0 aromatic carbocycles. The van der Waals surface area contributed by atoms with Crippen LogP contribution in [0.1, 0.15) is 0 Å². The van der Waals surface area contributed by atoms with Gasteiger partial charge in [0.1, 0.15) is 30.0 Å². The Labute approximate surface area is 95.7 Å². The maximum atomic E-state index is 10.3. The topological polar surface area (TPSA) is 145 Å². The molecule has 0 aromatic heterocycles. The highest BCUT2D eigenvalue weighted by molar-refractivity contribution is 7.46. The first-order chi connectivity index (χ1) is 7.19. The highest BCUT2D eigenvalue weighted by Crippen LogP contribution is 2.35. The molecule has 0 heterocycles. The van der Waals surface area contributed by atoms with Gasteiger partial charge in [0, 0.05) is 0 Å². The molecule has 0 rings (SSSR count). The summed E-state index contributed by atoms with van der Waals surface area (Å²) in [5, 5.41) is 26.1. The molecule has 4 unspecified atom stereocenters. The third-order valence-corrected chi connectivity index (χ3v) is 2.46. The summed E-state index contributed by atoms with van der Waals surface area (Å²) in [6, 6.07) is 0. The Bertz CT molecular complexity index is 267. The molecule has 0 aliphatic heterocycles. The molecule has 0 aliphatic rings. The van der Waals surface area contributed by atoms with Gasteiger partial charge in [-0.1, -0.05) is 0 Å². The summed E-state index contributed by atoms with van der Waals surface area (Å²) in [4.78, 5) is 26.7. The van der Waals surface area contributed by atoms with Gasteiger partial charge in [-0.25, -0.2) is 4.57 Å². The van der Waals surface area contributed by atoms with E-state index in [4.69, 9.17) is 31.6 Å². The van der Waals surface area contributed by atoms with Crippen molar-refractivity contribution in [3.63, 3.8) is 0 Å². The molecule has 0 saturated carbocycles.